The number of esters is 2. The SMILES string of the molecule is CCOC(OCC)C(CC(=O)OC(C)(C)C)NS(=O)(=O)c1ccc(C(=O)OC)cc1OCc1ccccc1. The van der Waals surface area contributed by atoms with Crippen LogP contribution in [0.1, 0.15) is 57.0 Å². The van der Waals surface area contributed by atoms with Gasteiger partial charge in [-0.3, -0.25) is 4.79 Å². The summed E-state index contributed by atoms with van der Waals surface area (Å²) < 4.78 is 57.0. The number of ether oxygens (including phenoxy) is 5. The molecule has 0 fully saturated rings. The van der Waals surface area contributed by atoms with Gasteiger partial charge in [-0.05, 0) is 58.4 Å². The zero-order chi connectivity index (χ0) is 28.3. The lowest BCUT2D eigenvalue weighted by molar-refractivity contribution is -0.169. The summed E-state index contributed by atoms with van der Waals surface area (Å²) in [4.78, 5) is 24.5. The van der Waals surface area contributed by atoms with Gasteiger partial charge in [0, 0.05) is 13.2 Å². The van der Waals surface area contributed by atoms with Crippen LogP contribution >= 0.6 is 0 Å². The molecule has 1 N–H and O–H groups in total. The quantitative estimate of drug-likeness (QED) is 0.275. The van der Waals surface area contributed by atoms with Crippen LogP contribution in [0.25, 0.3) is 0 Å². The zero-order valence-corrected chi connectivity index (χ0v) is 23.5. The molecular formula is C27H37NO9S. The van der Waals surface area contributed by atoms with Crippen LogP contribution in [-0.2, 0) is 40.4 Å². The monoisotopic (exact) mass is 551 g/mol. The number of benzene rings is 2. The molecule has 1 atom stereocenters. The smallest absolute Gasteiger partial charge is 0.337 e. The van der Waals surface area contributed by atoms with Gasteiger partial charge in [-0.1, -0.05) is 30.3 Å². The Hall–Kier alpha value is -2.99. The summed E-state index contributed by atoms with van der Waals surface area (Å²) in [6.45, 7) is 9.09. The van der Waals surface area contributed by atoms with Gasteiger partial charge in [-0.15, -0.1) is 0 Å². The highest BCUT2D eigenvalue weighted by molar-refractivity contribution is 7.89. The van der Waals surface area contributed by atoms with Gasteiger partial charge in [-0.25, -0.2) is 17.9 Å². The molecule has 0 heterocycles. The van der Waals surface area contributed by atoms with Crippen LogP contribution in [0.2, 0.25) is 0 Å². The minimum Gasteiger partial charge on any atom is -0.487 e. The fourth-order valence-corrected chi connectivity index (χ4v) is 4.80. The Labute approximate surface area is 224 Å². The number of hydrogen-bond acceptors (Lipinski definition) is 9. The molecule has 0 aliphatic carbocycles. The van der Waals surface area contributed by atoms with Crippen LogP contribution in [-0.4, -0.2) is 58.6 Å². The standard InChI is InChI=1S/C27H37NO9S/c1-7-34-26(35-8-2)21(17-24(29)37-27(3,4)5)28-38(31,32)23-15-14-20(25(30)33-6)16-22(23)36-18-19-12-10-9-11-13-19/h9-16,21,26,28H,7-8,17-18H2,1-6H3. The number of carbonyl (C=O) groups excluding carboxylic acids is 2. The average molecular weight is 552 g/mol. The molecule has 0 bridgehead atoms. The summed E-state index contributed by atoms with van der Waals surface area (Å²) in [6, 6.07) is 11.9. The van der Waals surface area contributed by atoms with Crippen molar-refractivity contribution in [3.05, 3.63) is 59.7 Å². The van der Waals surface area contributed by atoms with Crippen LogP contribution in [0.15, 0.2) is 53.4 Å². The molecule has 2 aromatic carbocycles. The number of nitrogens with one attached hydrogen (secondary N) is 1. The average Bonchev–Trinajstić information content (AvgIpc) is 2.85. The molecule has 0 spiro atoms. The van der Waals surface area contributed by atoms with E-state index in [-0.39, 0.29) is 42.4 Å². The van der Waals surface area contributed by atoms with Gasteiger partial charge in [0.2, 0.25) is 10.0 Å². The summed E-state index contributed by atoms with van der Waals surface area (Å²) in [6.07, 6.45) is -1.41. The molecular weight excluding hydrogens is 514 g/mol. The molecule has 10 nitrogen and oxygen atoms in total. The third-order valence-corrected chi connectivity index (χ3v) is 6.52. The van der Waals surface area contributed by atoms with Crippen molar-refractivity contribution in [2.24, 2.45) is 0 Å². The van der Waals surface area contributed by atoms with Gasteiger partial charge >= 0.3 is 11.9 Å². The molecule has 2 rings (SSSR count). The van der Waals surface area contributed by atoms with E-state index in [0.29, 0.717) is 0 Å². The lowest BCUT2D eigenvalue weighted by Crippen LogP contribution is -2.47. The van der Waals surface area contributed by atoms with E-state index >= 15 is 0 Å². The van der Waals surface area contributed by atoms with Gasteiger partial charge in [0.15, 0.2) is 6.29 Å². The third kappa shape index (κ3) is 9.71. The van der Waals surface area contributed by atoms with E-state index in [2.05, 4.69) is 4.72 Å². The van der Waals surface area contributed by atoms with Gasteiger partial charge < -0.3 is 23.7 Å². The van der Waals surface area contributed by atoms with E-state index < -0.39 is 39.9 Å². The largest absolute Gasteiger partial charge is 0.487 e. The molecule has 0 amide bonds. The van der Waals surface area contributed by atoms with Crippen molar-refractivity contribution in [2.45, 2.75) is 70.5 Å². The van der Waals surface area contributed by atoms with Gasteiger partial charge in [0.05, 0.1) is 25.1 Å². The van der Waals surface area contributed by atoms with E-state index in [1.165, 1.54) is 25.3 Å². The van der Waals surface area contributed by atoms with Crippen molar-refractivity contribution in [1.29, 1.82) is 0 Å². The van der Waals surface area contributed by atoms with Gasteiger partial charge in [0.1, 0.15) is 22.9 Å². The Kier molecular flexibility index (Phi) is 11.7. The fraction of sp³-hybridized carbons (Fsp3) is 0.481. The lowest BCUT2D eigenvalue weighted by atomic mass is 10.1. The summed E-state index contributed by atoms with van der Waals surface area (Å²) in [5.74, 6) is -1.34. The van der Waals surface area contributed by atoms with Crippen molar-refractivity contribution in [3.8, 4) is 5.75 Å². The predicted octanol–water partition coefficient (Wildman–Crippen LogP) is 3.83. The maximum atomic E-state index is 13.6. The van der Waals surface area contributed by atoms with Crippen molar-refractivity contribution in [3.63, 3.8) is 0 Å². The highest BCUT2D eigenvalue weighted by atomic mass is 32.2. The predicted molar refractivity (Wildman–Crippen MR) is 140 cm³/mol. The number of sulfonamides is 1. The molecule has 0 saturated carbocycles. The third-order valence-electron chi connectivity index (χ3n) is 5.00. The summed E-state index contributed by atoms with van der Waals surface area (Å²) in [5.41, 5.74) is 0.138. The normalized spacial score (nSPS) is 12.7. The van der Waals surface area contributed by atoms with E-state index in [4.69, 9.17) is 23.7 Å². The van der Waals surface area contributed by atoms with Crippen LogP contribution in [0.5, 0.6) is 5.75 Å². The van der Waals surface area contributed by atoms with Crippen molar-refractivity contribution in [2.75, 3.05) is 20.3 Å². The molecule has 0 aromatic heterocycles. The van der Waals surface area contributed by atoms with Crippen molar-refractivity contribution < 1.29 is 41.7 Å². The maximum absolute atomic E-state index is 13.6. The summed E-state index contributed by atoms with van der Waals surface area (Å²) in [5, 5.41) is 0. The molecule has 1 unspecified atom stereocenters. The number of carbonyl (C=O) groups is 2. The lowest BCUT2D eigenvalue weighted by Gasteiger charge is -2.28. The fourth-order valence-electron chi connectivity index (χ4n) is 3.45. The highest BCUT2D eigenvalue weighted by Crippen LogP contribution is 2.28. The maximum Gasteiger partial charge on any atom is 0.337 e. The summed E-state index contributed by atoms with van der Waals surface area (Å²) in [7, 11) is -3.09. The van der Waals surface area contributed by atoms with Gasteiger partial charge in [-0.2, -0.15) is 0 Å². The number of methoxy groups -OCH3 is 1. The molecule has 210 valence electrons. The minimum absolute atomic E-state index is 0.0514. The first-order chi connectivity index (χ1) is 17.9. The second-order valence-electron chi connectivity index (χ2n) is 9.22. The summed E-state index contributed by atoms with van der Waals surface area (Å²) >= 11 is 0. The van der Waals surface area contributed by atoms with E-state index in [9.17, 15) is 18.0 Å². The first-order valence-corrected chi connectivity index (χ1v) is 13.7. The second-order valence-corrected chi connectivity index (χ2v) is 10.9. The van der Waals surface area contributed by atoms with E-state index in [0.717, 1.165) is 5.56 Å². The Morgan fingerprint density at radius 2 is 1.61 bits per heavy atom. The van der Waals surface area contributed by atoms with Crippen LogP contribution < -0.4 is 9.46 Å². The second kappa shape index (κ2) is 14.2. The topological polar surface area (TPSA) is 126 Å². The first-order valence-electron chi connectivity index (χ1n) is 12.3. The van der Waals surface area contributed by atoms with E-state index in [1.807, 2.05) is 30.3 Å². The molecule has 0 saturated heterocycles. The van der Waals surface area contributed by atoms with Crippen LogP contribution in [0.3, 0.4) is 0 Å². The Bertz CT molecular complexity index is 1150. The minimum atomic E-state index is -4.31. The molecule has 0 radical (unpaired) electrons. The van der Waals surface area contributed by atoms with E-state index in [1.54, 1.807) is 34.6 Å². The molecule has 2 aromatic rings. The van der Waals surface area contributed by atoms with Crippen molar-refractivity contribution >= 4 is 22.0 Å². The molecule has 38 heavy (non-hydrogen) atoms. The van der Waals surface area contributed by atoms with Crippen LogP contribution in [0.4, 0.5) is 0 Å². The van der Waals surface area contributed by atoms with Crippen LogP contribution in [0, 0.1) is 0 Å². The number of hydrogen-bond donors (Lipinski definition) is 1. The first kappa shape index (κ1) is 31.2. The molecule has 0 aliphatic rings. The van der Waals surface area contributed by atoms with Crippen molar-refractivity contribution in [1.82, 2.24) is 4.72 Å². The zero-order valence-electron chi connectivity index (χ0n) is 22.7. The Morgan fingerprint density at radius 1 is 0.974 bits per heavy atom. The molecule has 11 heteroatoms. The Morgan fingerprint density at radius 3 is 2.16 bits per heavy atom. The van der Waals surface area contributed by atoms with Gasteiger partial charge in [0.25, 0.3) is 0 Å². The highest BCUT2D eigenvalue weighted by Gasteiger charge is 2.33. The Balaban J connectivity index is 2.45. The number of rotatable bonds is 14. The molecule has 0 aliphatic heterocycles.